The van der Waals surface area contributed by atoms with E-state index < -0.39 is 0 Å². The van der Waals surface area contributed by atoms with Gasteiger partial charge in [0, 0.05) is 30.3 Å². The van der Waals surface area contributed by atoms with E-state index in [0.29, 0.717) is 17.6 Å². The van der Waals surface area contributed by atoms with Crippen molar-refractivity contribution < 1.29 is 14.3 Å². The number of hydrogen-bond donors (Lipinski definition) is 0. The molecule has 5 aliphatic carbocycles. The molecule has 4 fully saturated rings. The first kappa shape index (κ1) is 28.2. The van der Waals surface area contributed by atoms with E-state index in [9.17, 15) is 9.59 Å². The van der Waals surface area contributed by atoms with Crippen LogP contribution in [0.25, 0.3) is 0 Å². The summed E-state index contributed by atoms with van der Waals surface area (Å²) >= 11 is 0. The minimum atomic E-state index is -0.366. The molecule has 0 aromatic carbocycles. The lowest BCUT2D eigenvalue weighted by Gasteiger charge is -2.71. The van der Waals surface area contributed by atoms with Gasteiger partial charge in [0.15, 0.2) is 0 Å². The van der Waals surface area contributed by atoms with Gasteiger partial charge in [-0.3, -0.25) is 9.59 Å². The Morgan fingerprint density at radius 2 is 1.73 bits per heavy atom. The molecule has 5 heteroatoms. The number of ketones is 1. The predicted octanol–water partition coefficient (Wildman–Crippen LogP) is 7.65. The highest BCUT2D eigenvalue weighted by molar-refractivity contribution is 5.88. The summed E-state index contributed by atoms with van der Waals surface area (Å²) in [7, 11) is 1.59. The summed E-state index contributed by atoms with van der Waals surface area (Å²) in [6, 6.07) is 0. The molecule has 5 nitrogen and oxygen atoms in total. The smallest absolute Gasteiger partial charge is 0.312 e. The number of ether oxygens (including phenoxy) is 1. The molecule has 1 aromatic heterocycles. The minimum Gasteiger partial charge on any atom is -0.469 e. The van der Waals surface area contributed by atoms with E-state index in [1.807, 2.05) is 18.7 Å². The number of aromatic nitrogens is 2. The molecule has 1 aromatic rings. The van der Waals surface area contributed by atoms with E-state index in [1.165, 1.54) is 0 Å². The number of carbonyl (C=O) groups excluding carboxylic acids is 2. The van der Waals surface area contributed by atoms with Gasteiger partial charge in [0.25, 0.3) is 0 Å². The molecule has 0 bridgehead atoms. The highest BCUT2D eigenvalue weighted by atomic mass is 16.5. The molecule has 6 rings (SSSR count). The average Bonchev–Trinajstić information content (AvgIpc) is 3.40. The van der Waals surface area contributed by atoms with Gasteiger partial charge >= 0.3 is 5.97 Å². The molecular formula is C35H52N2O3. The largest absolute Gasteiger partial charge is 0.469 e. The van der Waals surface area contributed by atoms with Gasteiger partial charge in [-0.1, -0.05) is 60.1 Å². The van der Waals surface area contributed by atoms with Crippen LogP contribution in [-0.2, 0) is 20.9 Å². The topological polar surface area (TPSA) is 61.2 Å². The third kappa shape index (κ3) is 3.60. The van der Waals surface area contributed by atoms with Gasteiger partial charge in [-0.25, -0.2) is 4.98 Å². The maximum atomic E-state index is 14.0. The number of imidazole rings is 1. The monoisotopic (exact) mass is 548 g/mol. The summed E-state index contributed by atoms with van der Waals surface area (Å²) in [6.07, 6.45) is 17.7. The van der Waals surface area contributed by atoms with Crippen LogP contribution in [0.3, 0.4) is 0 Å². The van der Waals surface area contributed by atoms with Crippen LogP contribution in [0.5, 0.6) is 0 Å². The van der Waals surface area contributed by atoms with E-state index in [2.05, 4.69) is 64.1 Å². The predicted molar refractivity (Wildman–Crippen MR) is 157 cm³/mol. The standard InChI is InChI=1S/C35H52N2O3/c1-30(2)13-15-35(29(39)40-8)16-14-33(6)24(25(35)20-30)9-10-27-32(5)19-23(21-37-18-17-36-22-37)28(38)31(3,4)26(32)11-12-34(27,33)7/h9,17-18,22-23,25-27H,10-16,19-21H2,1-8H3/t23-,25-,26-,27+,32-,33+,34+,35-/m0/s1. The summed E-state index contributed by atoms with van der Waals surface area (Å²) in [4.78, 5) is 31.7. The number of Topliss-reactive ketones (excluding diaryl/α,β-unsaturated/α-hetero) is 1. The lowest BCUT2D eigenvalue weighted by atomic mass is 9.33. The van der Waals surface area contributed by atoms with E-state index in [1.54, 1.807) is 12.7 Å². The van der Waals surface area contributed by atoms with Crippen LogP contribution < -0.4 is 0 Å². The zero-order valence-corrected chi connectivity index (χ0v) is 26.3. The highest BCUT2D eigenvalue weighted by Gasteiger charge is 2.70. The molecule has 0 N–H and O–H groups in total. The number of nitrogens with zero attached hydrogens (tertiary/aromatic N) is 2. The van der Waals surface area contributed by atoms with E-state index in [0.717, 1.165) is 64.3 Å². The van der Waals surface area contributed by atoms with Gasteiger partial charge in [0.2, 0.25) is 0 Å². The second-order valence-corrected chi connectivity index (χ2v) is 16.6. The van der Waals surface area contributed by atoms with E-state index in [4.69, 9.17) is 4.74 Å². The number of esters is 1. The van der Waals surface area contributed by atoms with Crippen LogP contribution in [-0.4, -0.2) is 28.4 Å². The normalized spacial score (nSPS) is 45.3. The van der Waals surface area contributed by atoms with Crippen molar-refractivity contribution in [1.82, 2.24) is 9.55 Å². The van der Waals surface area contributed by atoms with E-state index in [-0.39, 0.29) is 50.3 Å². The molecule has 8 atom stereocenters. The number of carbonyl (C=O) groups is 2. The fraction of sp³-hybridized carbons (Fsp3) is 0.800. The van der Waals surface area contributed by atoms with Crippen LogP contribution in [0, 0.1) is 56.2 Å². The van der Waals surface area contributed by atoms with Gasteiger partial charge in [0.05, 0.1) is 18.9 Å². The molecule has 0 aliphatic heterocycles. The van der Waals surface area contributed by atoms with Crippen LogP contribution >= 0.6 is 0 Å². The van der Waals surface area contributed by atoms with E-state index >= 15 is 0 Å². The third-order valence-corrected chi connectivity index (χ3v) is 14.0. The average molecular weight is 549 g/mol. The van der Waals surface area contributed by atoms with Crippen molar-refractivity contribution in [2.45, 2.75) is 113 Å². The van der Waals surface area contributed by atoms with Gasteiger partial charge < -0.3 is 9.30 Å². The second kappa shape index (κ2) is 8.80. The lowest BCUT2D eigenvalue weighted by Crippen LogP contribution is -2.65. The van der Waals surface area contributed by atoms with Crippen molar-refractivity contribution in [1.29, 1.82) is 0 Å². The molecule has 220 valence electrons. The summed E-state index contributed by atoms with van der Waals surface area (Å²) < 4.78 is 7.63. The summed E-state index contributed by atoms with van der Waals surface area (Å²) in [5.74, 6) is 1.67. The summed E-state index contributed by atoms with van der Waals surface area (Å²) in [6.45, 7) is 17.7. The van der Waals surface area contributed by atoms with Crippen molar-refractivity contribution in [2.75, 3.05) is 7.11 Å². The van der Waals surface area contributed by atoms with Gasteiger partial charge in [-0.2, -0.15) is 0 Å². The molecule has 40 heavy (non-hydrogen) atoms. The second-order valence-electron chi connectivity index (χ2n) is 16.6. The molecular weight excluding hydrogens is 496 g/mol. The SMILES string of the molecule is COC(=O)[C@]12CCC(C)(C)C[C@H]1C1=CC[C@@H]3[C@@]4(C)C[C@@H](Cn5ccnc5)C(=O)C(C)(C)[C@@H]4CC[C@@]3(C)[C@]1(C)CC2. The number of hydrogen-bond acceptors (Lipinski definition) is 4. The lowest BCUT2D eigenvalue weighted by molar-refractivity contribution is -0.196. The Labute approximate surface area is 241 Å². The van der Waals surface area contributed by atoms with Crippen molar-refractivity contribution >= 4 is 11.8 Å². The van der Waals surface area contributed by atoms with Gasteiger partial charge in [-0.05, 0) is 97.2 Å². The number of methoxy groups -OCH3 is 1. The first-order chi connectivity index (χ1) is 18.6. The molecule has 0 radical (unpaired) electrons. The Hall–Kier alpha value is -1.91. The summed E-state index contributed by atoms with van der Waals surface area (Å²) in [5.41, 5.74) is 1.39. The Kier molecular flexibility index (Phi) is 6.21. The Balaban J connectivity index is 1.42. The van der Waals surface area contributed by atoms with Crippen molar-refractivity contribution in [3.05, 3.63) is 30.4 Å². The zero-order valence-electron chi connectivity index (χ0n) is 26.3. The molecule has 1 heterocycles. The first-order valence-electron chi connectivity index (χ1n) is 15.9. The number of allylic oxidation sites excluding steroid dienone is 2. The maximum Gasteiger partial charge on any atom is 0.312 e. The van der Waals surface area contributed by atoms with Crippen molar-refractivity contribution in [3.63, 3.8) is 0 Å². The minimum absolute atomic E-state index is 0.0171. The Bertz CT molecular complexity index is 1230. The third-order valence-electron chi connectivity index (χ3n) is 14.0. The Morgan fingerprint density at radius 3 is 2.40 bits per heavy atom. The van der Waals surface area contributed by atoms with Crippen LogP contribution in [0.4, 0.5) is 0 Å². The van der Waals surface area contributed by atoms with Crippen LogP contribution in [0.1, 0.15) is 106 Å². The molecule has 0 amide bonds. The molecule has 0 saturated heterocycles. The van der Waals surface area contributed by atoms with Crippen molar-refractivity contribution in [3.8, 4) is 0 Å². The number of rotatable bonds is 3. The van der Waals surface area contributed by atoms with Crippen molar-refractivity contribution in [2.24, 2.45) is 56.2 Å². The quantitative estimate of drug-likeness (QED) is 0.287. The fourth-order valence-corrected chi connectivity index (χ4v) is 11.8. The first-order valence-corrected chi connectivity index (χ1v) is 15.9. The number of fused-ring (bicyclic) bond motifs is 7. The highest BCUT2D eigenvalue weighted by Crippen LogP contribution is 2.75. The molecule has 0 spiro atoms. The van der Waals surface area contributed by atoms with Crippen LogP contribution in [0.15, 0.2) is 30.4 Å². The molecule has 5 aliphatic rings. The molecule has 0 unspecified atom stereocenters. The maximum absolute atomic E-state index is 14.0. The Morgan fingerprint density at radius 1 is 1.00 bits per heavy atom. The fourth-order valence-electron chi connectivity index (χ4n) is 11.8. The van der Waals surface area contributed by atoms with Gasteiger partial charge in [0.1, 0.15) is 5.78 Å². The van der Waals surface area contributed by atoms with Crippen LogP contribution in [0.2, 0.25) is 0 Å². The van der Waals surface area contributed by atoms with Gasteiger partial charge in [-0.15, -0.1) is 0 Å². The zero-order chi connectivity index (χ0) is 28.9. The molecule has 4 saturated carbocycles. The summed E-state index contributed by atoms with van der Waals surface area (Å²) in [5, 5.41) is 0.